The summed E-state index contributed by atoms with van der Waals surface area (Å²) < 4.78 is 0. The van der Waals surface area contributed by atoms with Crippen LogP contribution >= 0.6 is 0 Å². The molecule has 1 heterocycles. The van der Waals surface area contributed by atoms with E-state index >= 15 is 0 Å². The number of rotatable bonds is 2. The highest BCUT2D eigenvalue weighted by Gasteiger charge is 2.17. The summed E-state index contributed by atoms with van der Waals surface area (Å²) in [5, 5.41) is 0. The van der Waals surface area contributed by atoms with Crippen LogP contribution in [0.1, 0.15) is 13.8 Å². The Morgan fingerprint density at radius 1 is 1.29 bits per heavy atom. The van der Waals surface area contributed by atoms with Crippen molar-refractivity contribution < 1.29 is 4.79 Å². The molecule has 0 aromatic heterocycles. The molecule has 1 rings (SSSR count). The highest BCUT2D eigenvalue weighted by molar-refractivity contribution is 5.80. The van der Waals surface area contributed by atoms with Gasteiger partial charge >= 0.3 is 0 Å². The van der Waals surface area contributed by atoms with Crippen molar-refractivity contribution in [3.8, 4) is 0 Å². The zero-order valence-corrected chi connectivity index (χ0v) is 9.32. The van der Waals surface area contributed by atoms with Crippen LogP contribution in [0.4, 0.5) is 0 Å². The molecular weight excluding hydrogens is 176 g/mol. The predicted octanol–water partition coefficient (Wildman–Crippen LogP) is 1.44. The Balaban J connectivity index is 2.58. The molecule has 0 spiro atoms. The second kappa shape index (κ2) is 3.96. The Morgan fingerprint density at radius 2 is 1.79 bits per heavy atom. The van der Waals surface area contributed by atoms with Gasteiger partial charge in [0.25, 0.3) is 0 Å². The summed E-state index contributed by atoms with van der Waals surface area (Å²) in [5.74, 6) is 0.0954. The number of likely N-dealkylation sites (N-methyl/N-ethyl adjacent to an activating group) is 1. The summed E-state index contributed by atoms with van der Waals surface area (Å²) in [5.41, 5.74) is 0.0644. The normalized spacial score (nSPS) is 19.1. The minimum atomic E-state index is 0.0644. The third-order valence-corrected chi connectivity index (χ3v) is 2.07. The molecule has 0 aliphatic carbocycles. The topological polar surface area (TPSA) is 23.6 Å². The van der Waals surface area contributed by atoms with E-state index < -0.39 is 0 Å². The van der Waals surface area contributed by atoms with Crippen LogP contribution in [0.15, 0.2) is 24.6 Å². The summed E-state index contributed by atoms with van der Waals surface area (Å²) in [6, 6.07) is 0. The zero-order chi connectivity index (χ0) is 10.8. The van der Waals surface area contributed by atoms with Crippen molar-refractivity contribution in [3.05, 3.63) is 24.6 Å². The van der Waals surface area contributed by atoms with Crippen LogP contribution in [0.5, 0.6) is 0 Å². The fourth-order valence-corrected chi connectivity index (χ4v) is 1.17. The third-order valence-electron chi connectivity index (χ3n) is 2.07. The maximum absolute atomic E-state index is 11.6. The molecule has 78 valence electrons. The molecule has 0 aromatic carbocycles. The van der Waals surface area contributed by atoms with Crippen LogP contribution in [0.25, 0.3) is 0 Å². The van der Waals surface area contributed by atoms with E-state index in [1.165, 1.54) is 0 Å². The highest BCUT2D eigenvalue weighted by Crippen LogP contribution is 2.23. The Hall–Kier alpha value is -1.09. The van der Waals surface area contributed by atoms with Crippen LogP contribution in [0.2, 0.25) is 0 Å². The number of allylic oxidation sites excluding steroid dienone is 2. The molecule has 1 aliphatic rings. The monoisotopic (exact) mass is 194 g/mol. The summed E-state index contributed by atoms with van der Waals surface area (Å²) >= 11 is 0. The second-order valence-corrected chi connectivity index (χ2v) is 4.49. The lowest BCUT2D eigenvalue weighted by Gasteiger charge is -2.25. The van der Waals surface area contributed by atoms with E-state index in [0.29, 0.717) is 6.54 Å². The lowest BCUT2D eigenvalue weighted by molar-refractivity contribution is -0.127. The van der Waals surface area contributed by atoms with Gasteiger partial charge in [0.1, 0.15) is 0 Å². The van der Waals surface area contributed by atoms with Gasteiger partial charge in [-0.1, -0.05) is 26.0 Å². The Bertz CT molecular complexity index is 261. The Labute approximate surface area is 85.7 Å². The maximum Gasteiger partial charge on any atom is 0.244 e. The van der Waals surface area contributed by atoms with Gasteiger partial charge in [0, 0.05) is 17.8 Å². The number of nitrogens with zero attached hydrogens (tertiary/aromatic N) is 2. The average molecular weight is 194 g/mol. The van der Waals surface area contributed by atoms with Gasteiger partial charge < -0.3 is 4.90 Å². The van der Waals surface area contributed by atoms with Crippen LogP contribution in [0, 0.1) is 5.41 Å². The van der Waals surface area contributed by atoms with E-state index in [4.69, 9.17) is 0 Å². The molecule has 1 aliphatic heterocycles. The minimum absolute atomic E-state index is 0.0644. The van der Waals surface area contributed by atoms with E-state index in [2.05, 4.69) is 13.8 Å². The molecule has 3 nitrogen and oxygen atoms in total. The lowest BCUT2D eigenvalue weighted by atomic mass is 9.92. The van der Waals surface area contributed by atoms with Gasteiger partial charge in [-0.05, 0) is 14.1 Å². The van der Waals surface area contributed by atoms with Gasteiger partial charge in [0.05, 0.1) is 6.54 Å². The molecule has 0 unspecified atom stereocenters. The van der Waals surface area contributed by atoms with E-state index in [1.54, 1.807) is 4.90 Å². The first kappa shape index (κ1) is 11.0. The maximum atomic E-state index is 11.6. The molecule has 0 saturated carbocycles. The van der Waals surface area contributed by atoms with Gasteiger partial charge in [-0.25, -0.2) is 0 Å². The number of carbonyl (C=O) groups is 1. The first-order valence-corrected chi connectivity index (χ1v) is 4.75. The SMILES string of the molecule is CN(C)CC(=O)N1C=CC(C)(C)C=C1. The van der Waals surface area contributed by atoms with E-state index in [0.717, 1.165) is 0 Å². The summed E-state index contributed by atoms with van der Waals surface area (Å²) in [6.45, 7) is 4.65. The molecule has 1 amide bonds. The standard InChI is InChI=1S/C11H18N2O/c1-11(2)5-7-13(8-6-11)10(14)9-12(3)4/h5-8H,9H2,1-4H3. The number of amides is 1. The summed E-state index contributed by atoms with van der Waals surface area (Å²) in [7, 11) is 3.78. The first-order valence-electron chi connectivity index (χ1n) is 4.75. The smallest absolute Gasteiger partial charge is 0.244 e. The van der Waals surface area contributed by atoms with Gasteiger partial charge in [-0.2, -0.15) is 0 Å². The number of carbonyl (C=O) groups excluding carboxylic acids is 1. The van der Waals surface area contributed by atoms with Gasteiger partial charge in [-0.15, -0.1) is 0 Å². The summed E-state index contributed by atoms with van der Waals surface area (Å²) in [4.78, 5) is 15.1. The third kappa shape index (κ3) is 3.00. The van der Waals surface area contributed by atoms with Crippen molar-refractivity contribution in [2.45, 2.75) is 13.8 Å². The molecule has 0 N–H and O–H groups in total. The quantitative estimate of drug-likeness (QED) is 0.664. The van der Waals surface area contributed by atoms with E-state index in [-0.39, 0.29) is 11.3 Å². The average Bonchev–Trinajstić information content (AvgIpc) is 2.02. The fourth-order valence-electron chi connectivity index (χ4n) is 1.17. The van der Waals surface area contributed by atoms with Crippen molar-refractivity contribution >= 4 is 5.91 Å². The molecular formula is C11H18N2O. The molecule has 0 bridgehead atoms. The number of hydrogen-bond acceptors (Lipinski definition) is 2. The minimum Gasteiger partial charge on any atom is -0.301 e. The van der Waals surface area contributed by atoms with Gasteiger partial charge in [0.15, 0.2) is 0 Å². The van der Waals surface area contributed by atoms with E-state index in [9.17, 15) is 4.79 Å². The van der Waals surface area contributed by atoms with Crippen LogP contribution in [0.3, 0.4) is 0 Å². The summed E-state index contributed by atoms with van der Waals surface area (Å²) in [6.07, 6.45) is 7.73. The zero-order valence-electron chi connectivity index (χ0n) is 9.32. The van der Waals surface area contributed by atoms with Crippen LogP contribution in [-0.2, 0) is 4.79 Å². The largest absolute Gasteiger partial charge is 0.301 e. The molecule has 0 fully saturated rings. The molecule has 0 saturated heterocycles. The Kier molecular flexibility index (Phi) is 3.11. The first-order chi connectivity index (χ1) is 6.41. The molecule has 0 radical (unpaired) electrons. The highest BCUT2D eigenvalue weighted by atomic mass is 16.2. The van der Waals surface area contributed by atoms with Crippen molar-refractivity contribution in [2.24, 2.45) is 5.41 Å². The fraction of sp³-hybridized carbons (Fsp3) is 0.545. The van der Waals surface area contributed by atoms with Gasteiger partial charge in [0.2, 0.25) is 5.91 Å². The van der Waals surface area contributed by atoms with Crippen molar-refractivity contribution in [1.29, 1.82) is 0 Å². The molecule has 0 aromatic rings. The molecule has 3 heteroatoms. The van der Waals surface area contributed by atoms with Crippen molar-refractivity contribution in [1.82, 2.24) is 9.80 Å². The molecule has 0 atom stereocenters. The molecule has 14 heavy (non-hydrogen) atoms. The van der Waals surface area contributed by atoms with Gasteiger partial charge in [-0.3, -0.25) is 9.69 Å². The van der Waals surface area contributed by atoms with Crippen LogP contribution < -0.4 is 0 Å². The van der Waals surface area contributed by atoms with E-state index in [1.807, 2.05) is 43.5 Å². The van der Waals surface area contributed by atoms with Crippen molar-refractivity contribution in [3.63, 3.8) is 0 Å². The lowest BCUT2D eigenvalue weighted by Crippen LogP contribution is -2.32. The van der Waals surface area contributed by atoms with Crippen LogP contribution in [-0.4, -0.2) is 36.3 Å². The predicted molar refractivity (Wildman–Crippen MR) is 57.5 cm³/mol. The Morgan fingerprint density at radius 3 is 2.21 bits per heavy atom. The number of hydrogen-bond donors (Lipinski definition) is 0. The second-order valence-electron chi connectivity index (χ2n) is 4.49. The van der Waals surface area contributed by atoms with Crippen molar-refractivity contribution in [2.75, 3.05) is 20.6 Å².